The molecule has 0 aliphatic carbocycles. The molecule has 6 heteroatoms. The normalized spacial score (nSPS) is 24.8. The number of nitrogens with two attached hydrogens (primary N) is 1. The van der Waals surface area contributed by atoms with E-state index in [1.165, 1.54) is 0 Å². The molecule has 5 N–H and O–H groups in total. The summed E-state index contributed by atoms with van der Waals surface area (Å²) in [5.74, 6) is 0.683. The first-order chi connectivity index (χ1) is 9.58. The second-order valence-electron chi connectivity index (χ2n) is 5.17. The Bertz CT molecular complexity index is 402. The minimum absolute atomic E-state index is 0.171. The molecule has 1 fully saturated rings. The number of aliphatic hydroxyl groups is 3. The molecule has 112 valence electrons. The summed E-state index contributed by atoms with van der Waals surface area (Å²) < 4.78 is 5.49. The van der Waals surface area contributed by atoms with E-state index in [1.807, 2.05) is 29.2 Å². The lowest BCUT2D eigenvalue weighted by Gasteiger charge is -2.19. The average Bonchev–Trinajstić information content (AvgIpc) is 2.75. The van der Waals surface area contributed by atoms with Gasteiger partial charge in [-0.3, -0.25) is 4.90 Å². The lowest BCUT2D eigenvalue weighted by atomic mass is 10.2. The Balaban J connectivity index is 1.73. The van der Waals surface area contributed by atoms with Gasteiger partial charge in [0, 0.05) is 26.2 Å². The lowest BCUT2D eigenvalue weighted by Crippen LogP contribution is -2.35. The Labute approximate surface area is 118 Å². The largest absolute Gasteiger partial charge is 0.491 e. The van der Waals surface area contributed by atoms with Crippen molar-refractivity contribution in [3.05, 3.63) is 29.8 Å². The number of likely N-dealkylation sites (tertiary alicyclic amines) is 1. The fourth-order valence-corrected chi connectivity index (χ4v) is 2.26. The molecule has 2 rings (SSSR count). The molecule has 1 heterocycles. The SMILES string of the molecule is NCc1ccc(OCC(O)CN2CC(O)C(O)C2)cc1. The van der Waals surface area contributed by atoms with E-state index in [4.69, 9.17) is 10.5 Å². The molecule has 1 aliphatic rings. The molecule has 6 nitrogen and oxygen atoms in total. The first-order valence-corrected chi connectivity index (χ1v) is 6.77. The van der Waals surface area contributed by atoms with Crippen LogP contribution in [0.4, 0.5) is 0 Å². The summed E-state index contributed by atoms with van der Waals surface area (Å²) in [5.41, 5.74) is 6.53. The number of hydrogen-bond donors (Lipinski definition) is 4. The molecule has 1 aromatic carbocycles. The van der Waals surface area contributed by atoms with Gasteiger partial charge in [0.25, 0.3) is 0 Å². The van der Waals surface area contributed by atoms with E-state index in [0.29, 0.717) is 31.9 Å². The molecule has 1 aromatic rings. The number of benzene rings is 1. The van der Waals surface area contributed by atoms with E-state index in [2.05, 4.69) is 0 Å². The van der Waals surface area contributed by atoms with Gasteiger partial charge in [-0.15, -0.1) is 0 Å². The smallest absolute Gasteiger partial charge is 0.119 e. The van der Waals surface area contributed by atoms with Gasteiger partial charge < -0.3 is 25.8 Å². The van der Waals surface area contributed by atoms with Gasteiger partial charge in [0.1, 0.15) is 18.5 Å². The van der Waals surface area contributed by atoms with Gasteiger partial charge in [0.05, 0.1) is 12.2 Å². The molecule has 0 amide bonds. The van der Waals surface area contributed by atoms with E-state index >= 15 is 0 Å². The number of ether oxygens (including phenoxy) is 1. The Morgan fingerprint density at radius 3 is 2.35 bits per heavy atom. The summed E-state index contributed by atoms with van der Waals surface area (Å²) in [4.78, 5) is 1.82. The predicted octanol–water partition coefficient (Wildman–Crippen LogP) is -1.08. The zero-order valence-corrected chi connectivity index (χ0v) is 11.4. The highest BCUT2D eigenvalue weighted by atomic mass is 16.5. The van der Waals surface area contributed by atoms with E-state index < -0.39 is 18.3 Å². The fraction of sp³-hybridized carbons (Fsp3) is 0.571. The summed E-state index contributed by atoms with van der Waals surface area (Å²) in [6, 6.07) is 7.40. The van der Waals surface area contributed by atoms with Crippen LogP contribution < -0.4 is 10.5 Å². The van der Waals surface area contributed by atoms with E-state index in [9.17, 15) is 15.3 Å². The quantitative estimate of drug-likeness (QED) is 0.530. The summed E-state index contributed by atoms with van der Waals surface area (Å²) in [6.07, 6.45) is -2.12. The minimum Gasteiger partial charge on any atom is -0.491 e. The summed E-state index contributed by atoms with van der Waals surface area (Å²) in [5, 5.41) is 28.7. The van der Waals surface area contributed by atoms with E-state index in [-0.39, 0.29) is 6.61 Å². The third-order valence-corrected chi connectivity index (χ3v) is 3.41. The molecule has 3 atom stereocenters. The van der Waals surface area contributed by atoms with Gasteiger partial charge in [-0.25, -0.2) is 0 Å². The van der Waals surface area contributed by atoms with Crippen LogP contribution in [-0.4, -0.2) is 64.8 Å². The molecule has 0 bridgehead atoms. The maximum atomic E-state index is 9.89. The molecule has 3 unspecified atom stereocenters. The summed E-state index contributed by atoms with van der Waals surface area (Å²) in [6.45, 7) is 1.79. The fourth-order valence-electron chi connectivity index (χ4n) is 2.26. The maximum absolute atomic E-state index is 9.89. The molecular formula is C14H22N2O4. The number of rotatable bonds is 6. The number of β-amino-alcohol motifs (C(OH)–C–C–N with tert-alkyl or cyclic N) is 3. The molecule has 1 saturated heterocycles. The second-order valence-corrected chi connectivity index (χ2v) is 5.17. The van der Waals surface area contributed by atoms with Gasteiger partial charge >= 0.3 is 0 Å². The van der Waals surface area contributed by atoms with Crippen molar-refractivity contribution in [2.24, 2.45) is 5.73 Å². The molecular weight excluding hydrogens is 260 g/mol. The number of aliphatic hydroxyl groups excluding tert-OH is 3. The Hall–Kier alpha value is -1.18. The highest BCUT2D eigenvalue weighted by molar-refractivity contribution is 5.27. The van der Waals surface area contributed by atoms with Gasteiger partial charge in [-0.1, -0.05) is 12.1 Å². The van der Waals surface area contributed by atoms with Crippen LogP contribution in [0.15, 0.2) is 24.3 Å². The van der Waals surface area contributed by atoms with Crippen LogP contribution in [-0.2, 0) is 6.54 Å². The number of hydrogen-bond acceptors (Lipinski definition) is 6. The van der Waals surface area contributed by atoms with Crippen molar-refractivity contribution >= 4 is 0 Å². The van der Waals surface area contributed by atoms with Crippen molar-refractivity contribution in [2.75, 3.05) is 26.2 Å². The number of nitrogens with zero attached hydrogens (tertiary/aromatic N) is 1. The standard InChI is InChI=1S/C14H22N2O4/c15-5-10-1-3-12(4-2-10)20-9-11(17)6-16-7-13(18)14(19)8-16/h1-4,11,13-14,17-19H,5-9,15H2. The van der Waals surface area contributed by atoms with Gasteiger partial charge in [-0.2, -0.15) is 0 Å². The van der Waals surface area contributed by atoms with Crippen molar-refractivity contribution in [1.29, 1.82) is 0 Å². The maximum Gasteiger partial charge on any atom is 0.119 e. The van der Waals surface area contributed by atoms with Gasteiger partial charge in [0.2, 0.25) is 0 Å². The summed E-state index contributed by atoms with van der Waals surface area (Å²) >= 11 is 0. The third kappa shape index (κ3) is 4.16. The Kier molecular flexibility index (Phi) is 5.33. The van der Waals surface area contributed by atoms with Crippen LogP contribution in [0.5, 0.6) is 5.75 Å². The van der Waals surface area contributed by atoms with Gasteiger partial charge in [-0.05, 0) is 17.7 Å². The molecule has 0 radical (unpaired) electrons. The van der Waals surface area contributed by atoms with Crippen molar-refractivity contribution in [1.82, 2.24) is 4.90 Å². The molecule has 20 heavy (non-hydrogen) atoms. The van der Waals surface area contributed by atoms with Crippen LogP contribution >= 0.6 is 0 Å². The van der Waals surface area contributed by atoms with Crippen LogP contribution in [0.2, 0.25) is 0 Å². The van der Waals surface area contributed by atoms with E-state index in [1.54, 1.807) is 0 Å². The molecule has 0 saturated carbocycles. The zero-order chi connectivity index (χ0) is 14.5. The first kappa shape index (κ1) is 15.2. The predicted molar refractivity (Wildman–Crippen MR) is 74.3 cm³/mol. The highest BCUT2D eigenvalue weighted by Gasteiger charge is 2.30. The Morgan fingerprint density at radius 2 is 1.80 bits per heavy atom. The topological polar surface area (TPSA) is 99.2 Å². The molecule has 0 spiro atoms. The minimum atomic E-state index is -0.730. The lowest BCUT2D eigenvalue weighted by molar-refractivity contribution is 0.0572. The zero-order valence-electron chi connectivity index (χ0n) is 11.4. The van der Waals surface area contributed by atoms with E-state index in [0.717, 1.165) is 5.56 Å². The summed E-state index contributed by atoms with van der Waals surface area (Å²) in [7, 11) is 0. The highest BCUT2D eigenvalue weighted by Crippen LogP contribution is 2.13. The van der Waals surface area contributed by atoms with Crippen molar-refractivity contribution in [3.8, 4) is 5.75 Å². The molecule has 0 aromatic heterocycles. The van der Waals surface area contributed by atoms with Gasteiger partial charge in [0.15, 0.2) is 0 Å². The monoisotopic (exact) mass is 282 g/mol. The van der Waals surface area contributed by atoms with Crippen molar-refractivity contribution in [3.63, 3.8) is 0 Å². The molecule has 1 aliphatic heterocycles. The third-order valence-electron chi connectivity index (χ3n) is 3.41. The Morgan fingerprint density at radius 1 is 1.20 bits per heavy atom. The van der Waals surface area contributed by atoms with Crippen LogP contribution in [0.3, 0.4) is 0 Å². The average molecular weight is 282 g/mol. The van der Waals surface area contributed by atoms with Crippen molar-refractivity contribution < 1.29 is 20.1 Å². The first-order valence-electron chi connectivity index (χ1n) is 6.77. The van der Waals surface area contributed by atoms with Crippen LogP contribution in [0.1, 0.15) is 5.56 Å². The van der Waals surface area contributed by atoms with Crippen LogP contribution in [0, 0.1) is 0 Å². The van der Waals surface area contributed by atoms with Crippen LogP contribution in [0.25, 0.3) is 0 Å². The second kappa shape index (κ2) is 7.01. The van der Waals surface area contributed by atoms with Crippen molar-refractivity contribution in [2.45, 2.75) is 24.9 Å².